The maximum absolute atomic E-state index is 5.24. The van der Waals surface area contributed by atoms with Crippen LogP contribution in [0.3, 0.4) is 0 Å². The van der Waals surface area contributed by atoms with E-state index in [4.69, 9.17) is 4.99 Å². The molecule has 0 radical (unpaired) electrons. The first-order chi connectivity index (χ1) is 14.9. The molecule has 1 fully saturated rings. The molecule has 1 saturated carbocycles. The van der Waals surface area contributed by atoms with Crippen molar-refractivity contribution in [1.29, 1.82) is 0 Å². The molecule has 0 bridgehead atoms. The minimum Gasteiger partial charge on any atom is -0.361 e. The van der Waals surface area contributed by atoms with Crippen molar-refractivity contribution in [2.45, 2.75) is 24.3 Å². The summed E-state index contributed by atoms with van der Waals surface area (Å²) in [6.45, 7) is 0. The molecule has 3 unspecified atom stereocenters. The Morgan fingerprint density at radius 1 is 0.700 bits per heavy atom. The largest absolute Gasteiger partial charge is 0.361 e. The van der Waals surface area contributed by atoms with Crippen LogP contribution < -0.4 is 10.6 Å². The van der Waals surface area contributed by atoms with E-state index >= 15 is 0 Å². The molecule has 2 N–H and O–H groups in total. The van der Waals surface area contributed by atoms with Gasteiger partial charge in [0.2, 0.25) is 0 Å². The average molecular weight is 387 g/mol. The maximum Gasteiger partial charge on any atom is 0.0801 e. The molecule has 3 heteroatoms. The Kier molecular flexibility index (Phi) is 3.22. The highest BCUT2D eigenvalue weighted by molar-refractivity contribution is 5.88. The van der Waals surface area contributed by atoms with Crippen LogP contribution in [0.15, 0.2) is 90.2 Å². The Labute approximate surface area is 173 Å². The number of H-pyrrole nitrogens is 2. The molecule has 0 saturated heterocycles. The molecule has 5 aromatic rings. The first-order valence-electron chi connectivity index (χ1n) is 10.7. The molecular weight excluding hydrogens is 366 g/mol. The fraction of sp³-hybridized carbons (Fsp3) is 0.148. The van der Waals surface area contributed by atoms with Gasteiger partial charge in [0.15, 0.2) is 0 Å². The fourth-order valence-electron chi connectivity index (χ4n) is 5.79. The zero-order valence-electron chi connectivity index (χ0n) is 16.5. The third-order valence-electron chi connectivity index (χ3n) is 7.08. The number of nitrogens with zero attached hydrogens (tertiary/aromatic N) is 1. The van der Waals surface area contributed by atoms with E-state index in [-0.39, 0.29) is 6.04 Å². The number of rotatable bonds is 2. The van der Waals surface area contributed by atoms with Crippen LogP contribution in [0.5, 0.6) is 0 Å². The third-order valence-corrected chi connectivity index (χ3v) is 7.08. The SMILES string of the molecule is c1ccc2c(c1)=NC1C=2C(c2c[nH]c3ccccc23)CC1c1c[nH]c2ccccc12. The first-order valence-corrected chi connectivity index (χ1v) is 10.7. The van der Waals surface area contributed by atoms with E-state index in [0.29, 0.717) is 11.8 Å². The van der Waals surface area contributed by atoms with Crippen LogP contribution in [0.4, 0.5) is 0 Å². The summed E-state index contributed by atoms with van der Waals surface area (Å²) in [5.41, 5.74) is 6.71. The molecule has 2 aromatic heterocycles. The average Bonchev–Trinajstić information content (AvgIpc) is 3.55. The Morgan fingerprint density at radius 3 is 2.13 bits per heavy atom. The molecule has 1 aliphatic carbocycles. The monoisotopic (exact) mass is 387 g/mol. The van der Waals surface area contributed by atoms with Crippen molar-refractivity contribution in [3.05, 3.63) is 107 Å². The van der Waals surface area contributed by atoms with E-state index in [0.717, 1.165) is 11.8 Å². The molecule has 3 heterocycles. The van der Waals surface area contributed by atoms with Gasteiger partial charge >= 0.3 is 0 Å². The molecule has 2 aliphatic rings. The lowest BCUT2D eigenvalue weighted by atomic mass is 9.91. The number of aromatic amines is 2. The summed E-state index contributed by atoms with van der Waals surface area (Å²) >= 11 is 0. The lowest BCUT2D eigenvalue weighted by molar-refractivity contribution is 0.638. The van der Waals surface area contributed by atoms with Gasteiger partial charge in [-0.15, -0.1) is 0 Å². The molecule has 7 rings (SSSR count). The summed E-state index contributed by atoms with van der Waals surface area (Å²) in [7, 11) is 0. The summed E-state index contributed by atoms with van der Waals surface area (Å²) in [6.07, 6.45) is 5.52. The second-order valence-electron chi connectivity index (χ2n) is 8.52. The minimum atomic E-state index is 0.209. The van der Waals surface area contributed by atoms with Crippen LogP contribution in [0.1, 0.15) is 29.4 Å². The highest BCUT2D eigenvalue weighted by Gasteiger charge is 2.43. The van der Waals surface area contributed by atoms with E-state index < -0.39 is 0 Å². The number of aromatic nitrogens is 2. The first kappa shape index (κ1) is 16.2. The highest BCUT2D eigenvalue weighted by Crippen LogP contribution is 2.52. The lowest BCUT2D eigenvalue weighted by Crippen LogP contribution is -2.23. The maximum atomic E-state index is 5.24. The van der Waals surface area contributed by atoms with Gasteiger partial charge in [0.05, 0.1) is 11.4 Å². The zero-order valence-corrected chi connectivity index (χ0v) is 16.5. The molecule has 144 valence electrons. The predicted octanol–water partition coefficient (Wildman–Crippen LogP) is 4.77. The van der Waals surface area contributed by atoms with Crippen LogP contribution in [0.2, 0.25) is 0 Å². The normalized spacial score (nSPS) is 22.4. The standard InChI is InChI=1S/C27H21N3/c1-4-10-23-16(7-1)21(14-28-23)19-13-20(22-15-29-24-11-5-2-8-17(22)24)27-26(19)18-9-3-6-12-25(18)30-27/h1-12,14-15,19-20,27-29H,13H2. The third kappa shape index (κ3) is 2.12. The number of para-hydroxylation sites is 3. The second kappa shape index (κ2) is 5.96. The Bertz CT molecular complexity index is 1550. The van der Waals surface area contributed by atoms with Gasteiger partial charge in [-0.25, -0.2) is 0 Å². The quantitative estimate of drug-likeness (QED) is 0.438. The molecule has 1 aliphatic heterocycles. The van der Waals surface area contributed by atoms with Crippen LogP contribution in [-0.4, -0.2) is 16.0 Å². The van der Waals surface area contributed by atoms with Crippen molar-refractivity contribution >= 4 is 27.4 Å². The summed E-state index contributed by atoms with van der Waals surface area (Å²) in [5, 5.41) is 5.14. The Balaban J connectivity index is 1.48. The number of benzene rings is 3. The van der Waals surface area contributed by atoms with Crippen molar-refractivity contribution in [2.75, 3.05) is 0 Å². The number of hydrogen-bond donors (Lipinski definition) is 2. The molecular formula is C27H21N3. The number of hydrogen-bond acceptors (Lipinski definition) is 1. The van der Waals surface area contributed by atoms with Gasteiger partial charge in [0.1, 0.15) is 0 Å². The lowest BCUT2D eigenvalue weighted by Gasteiger charge is -2.14. The second-order valence-corrected chi connectivity index (χ2v) is 8.52. The summed E-state index contributed by atoms with van der Waals surface area (Å²) in [4.78, 5) is 12.2. The minimum absolute atomic E-state index is 0.209. The van der Waals surface area contributed by atoms with Crippen molar-refractivity contribution in [3.8, 4) is 0 Å². The Hall–Kier alpha value is -3.59. The van der Waals surface area contributed by atoms with Gasteiger partial charge in [0, 0.05) is 51.3 Å². The van der Waals surface area contributed by atoms with Crippen LogP contribution in [-0.2, 0) is 0 Å². The van der Waals surface area contributed by atoms with E-state index in [9.17, 15) is 0 Å². The van der Waals surface area contributed by atoms with Crippen LogP contribution >= 0.6 is 0 Å². The molecule has 0 spiro atoms. The molecule has 3 atom stereocenters. The molecule has 0 amide bonds. The number of fused-ring (bicyclic) bond motifs is 4. The smallest absolute Gasteiger partial charge is 0.0801 e. The summed E-state index contributed by atoms with van der Waals surface area (Å²) in [5.74, 6) is 0.749. The van der Waals surface area contributed by atoms with E-state index in [1.54, 1.807) is 0 Å². The van der Waals surface area contributed by atoms with Crippen molar-refractivity contribution in [3.63, 3.8) is 0 Å². The fourth-order valence-corrected chi connectivity index (χ4v) is 5.79. The summed E-state index contributed by atoms with van der Waals surface area (Å²) in [6, 6.07) is 26.2. The van der Waals surface area contributed by atoms with Gasteiger partial charge in [-0.2, -0.15) is 0 Å². The van der Waals surface area contributed by atoms with Crippen molar-refractivity contribution in [1.82, 2.24) is 9.97 Å². The topological polar surface area (TPSA) is 43.9 Å². The van der Waals surface area contributed by atoms with Gasteiger partial charge < -0.3 is 9.97 Å². The number of nitrogens with one attached hydrogen (secondary N) is 2. The highest BCUT2D eigenvalue weighted by atomic mass is 14.9. The Morgan fingerprint density at radius 2 is 1.33 bits per heavy atom. The molecule has 3 nitrogen and oxygen atoms in total. The molecule has 3 aromatic carbocycles. The zero-order chi connectivity index (χ0) is 19.7. The van der Waals surface area contributed by atoms with Crippen molar-refractivity contribution in [2.24, 2.45) is 4.99 Å². The van der Waals surface area contributed by atoms with E-state index in [1.165, 1.54) is 43.7 Å². The van der Waals surface area contributed by atoms with Crippen LogP contribution in [0.25, 0.3) is 27.4 Å². The van der Waals surface area contributed by atoms with Gasteiger partial charge in [-0.3, -0.25) is 4.99 Å². The molecule has 30 heavy (non-hydrogen) atoms. The van der Waals surface area contributed by atoms with Gasteiger partial charge in [-0.1, -0.05) is 54.6 Å². The van der Waals surface area contributed by atoms with E-state index in [2.05, 4.69) is 95.2 Å². The van der Waals surface area contributed by atoms with E-state index in [1.807, 2.05) is 0 Å². The van der Waals surface area contributed by atoms with Gasteiger partial charge in [0.25, 0.3) is 0 Å². The van der Waals surface area contributed by atoms with Gasteiger partial charge in [-0.05, 0) is 41.3 Å². The van der Waals surface area contributed by atoms with Crippen molar-refractivity contribution < 1.29 is 0 Å². The van der Waals surface area contributed by atoms with Crippen LogP contribution in [0, 0.1) is 0 Å². The summed E-state index contributed by atoms with van der Waals surface area (Å²) < 4.78 is 0. The predicted molar refractivity (Wildman–Crippen MR) is 121 cm³/mol.